The number of carbonyl (C=O) groups is 1. The van der Waals surface area contributed by atoms with Crippen LogP contribution in [0.15, 0.2) is 66.9 Å². The zero-order chi connectivity index (χ0) is 21.1. The highest BCUT2D eigenvalue weighted by atomic mass is 32.1. The maximum absolute atomic E-state index is 13.5. The molecule has 5 nitrogen and oxygen atoms in total. The van der Waals surface area contributed by atoms with Gasteiger partial charge in [0.2, 0.25) is 0 Å². The molecular formula is C24H23N3O2S. The first-order chi connectivity index (χ1) is 14.5. The average Bonchev–Trinajstić information content (AvgIpc) is 3.18. The summed E-state index contributed by atoms with van der Waals surface area (Å²) in [5, 5.41) is 0.664. The van der Waals surface area contributed by atoms with Gasteiger partial charge in [0.15, 0.2) is 5.13 Å². The van der Waals surface area contributed by atoms with Crippen molar-refractivity contribution in [2.75, 3.05) is 4.90 Å². The lowest BCUT2D eigenvalue weighted by Crippen LogP contribution is -2.30. The smallest absolute Gasteiger partial charge is 0.260 e. The number of fused-ring (bicyclic) bond motifs is 1. The van der Waals surface area contributed by atoms with Gasteiger partial charge in [-0.1, -0.05) is 29.5 Å². The van der Waals surface area contributed by atoms with Crippen LogP contribution >= 0.6 is 11.3 Å². The third-order valence-electron chi connectivity index (χ3n) is 4.60. The summed E-state index contributed by atoms with van der Waals surface area (Å²) in [7, 11) is 0. The summed E-state index contributed by atoms with van der Waals surface area (Å²) < 4.78 is 6.76. The van der Waals surface area contributed by atoms with E-state index in [1.54, 1.807) is 23.2 Å². The molecule has 2 aromatic heterocycles. The number of anilines is 1. The molecule has 4 aromatic rings. The predicted molar refractivity (Wildman–Crippen MR) is 121 cm³/mol. The number of para-hydroxylation sites is 1. The fourth-order valence-corrected chi connectivity index (χ4v) is 4.22. The highest BCUT2D eigenvalue weighted by Gasteiger charge is 2.22. The van der Waals surface area contributed by atoms with E-state index in [2.05, 4.69) is 4.98 Å². The van der Waals surface area contributed by atoms with Crippen molar-refractivity contribution in [2.45, 2.75) is 33.4 Å². The maximum Gasteiger partial charge on any atom is 0.260 e. The minimum absolute atomic E-state index is 0.0817. The Labute approximate surface area is 180 Å². The van der Waals surface area contributed by atoms with E-state index in [-0.39, 0.29) is 12.0 Å². The Kier molecular flexibility index (Phi) is 5.77. The van der Waals surface area contributed by atoms with Crippen molar-refractivity contribution < 1.29 is 9.53 Å². The standard InChI is InChI=1S/C24H23N3O2S/c1-16(2)29-20-12-10-18(11-13-20)23(28)27(15-19-8-4-5-14-25-19)24-26-22-17(3)7-6-9-21(22)30-24/h4-14,16H,15H2,1-3H3. The highest BCUT2D eigenvalue weighted by molar-refractivity contribution is 7.22. The van der Waals surface area contributed by atoms with Gasteiger partial charge in [-0.2, -0.15) is 0 Å². The van der Waals surface area contributed by atoms with Gasteiger partial charge in [-0.15, -0.1) is 0 Å². The number of nitrogens with zero attached hydrogens (tertiary/aromatic N) is 3. The number of amides is 1. The molecular weight excluding hydrogens is 394 g/mol. The van der Waals surface area contributed by atoms with Crippen LogP contribution in [-0.4, -0.2) is 22.0 Å². The summed E-state index contributed by atoms with van der Waals surface area (Å²) in [6, 6.07) is 19.0. The Morgan fingerprint density at radius 2 is 1.87 bits per heavy atom. The van der Waals surface area contributed by atoms with Crippen molar-refractivity contribution in [1.29, 1.82) is 0 Å². The number of hydrogen-bond donors (Lipinski definition) is 0. The van der Waals surface area contributed by atoms with Gasteiger partial charge in [0.1, 0.15) is 5.75 Å². The third kappa shape index (κ3) is 4.33. The van der Waals surface area contributed by atoms with Gasteiger partial charge in [0, 0.05) is 11.8 Å². The number of pyridine rings is 1. The van der Waals surface area contributed by atoms with Gasteiger partial charge in [-0.3, -0.25) is 14.7 Å². The zero-order valence-corrected chi connectivity index (χ0v) is 18.0. The summed E-state index contributed by atoms with van der Waals surface area (Å²) in [6.45, 7) is 6.33. The molecule has 0 aliphatic carbocycles. The number of benzene rings is 2. The average molecular weight is 418 g/mol. The first-order valence-electron chi connectivity index (χ1n) is 9.86. The number of hydrogen-bond acceptors (Lipinski definition) is 5. The van der Waals surface area contributed by atoms with Crippen LogP contribution < -0.4 is 9.64 Å². The molecule has 4 rings (SSSR count). The van der Waals surface area contributed by atoms with E-state index >= 15 is 0 Å². The van der Waals surface area contributed by atoms with Crippen LogP contribution in [0.2, 0.25) is 0 Å². The lowest BCUT2D eigenvalue weighted by atomic mass is 10.2. The van der Waals surface area contributed by atoms with Crippen LogP contribution in [0.25, 0.3) is 10.2 Å². The van der Waals surface area contributed by atoms with E-state index < -0.39 is 0 Å². The summed E-state index contributed by atoms with van der Waals surface area (Å²) in [6.07, 6.45) is 1.82. The van der Waals surface area contributed by atoms with Gasteiger partial charge >= 0.3 is 0 Å². The van der Waals surface area contributed by atoms with Crippen molar-refractivity contribution in [1.82, 2.24) is 9.97 Å². The highest BCUT2D eigenvalue weighted by Crippen LogP contribution is 2.32. The van der Waals surface area contributed by atoms with Crippen molar-refractivity contribution in [3.63, 3.8) is 0 Å². The van der Waals surface area contributed by atoms with Crippen molar-refractivity contribution in [2.24, 2.45) is 0 Å². The molecule has 152 valence electrons. The quantitative estimate of drug-likeness (QED) is 0.408. The van der Waals surface area contributed by atoms with E-state index in [0.717, 1.165) is 27.2 Å². The minimum atomic E-state index is -0.117. The molecule has 2 aromatic carbocycles. The Bertz CT molecular complexity index is 1150. The van der Waals surface area contributed by atoms with Gasteiger partial charge in [-0.25, -0.2) is 4.98 Å². The summed E-state index contributed by atoms with van der Waals surface area (Å²) in [5.74, 6) is 0.627. The fraction of sp³-hybridized carbons (Fsp3) is 0.208. The first-order valence-corrected chi connectivity index (χ1v) is 10.7. The molecule has 0 aliphatic heterocycles. The number of carbonyl (C=O) groups excluding carboxylic acids is 1. The largest absolute Gasteiger partial charge is 0.491 e. The molecule has 0 unspecified atom stereocenters. The van der Waals surface area contributed by atoms with Crippen molar-refractivity contribution >= 4 is 32.6 Å². The second-order valence-electron chi connectivity index (χ2n) is 7.32. The lowest BCUT2D eigenvalue weighted by molar-refractivity contribution is 0.0984. The van der Waals surface area contributed by atoms with Crippen molar-refractivity contribution in [3.8, 4) is 5.75 Å². The summed E-state index contributed by atoms with van der Waals surface area (Å²) >= 11 is 1.51. The fourth-order valence-electron chi connectivity index (χ4n) is 3.17. The van der Waals surface area contributed by atoms with E-state index in [1.165, 1.54) is 11.3 Å². The molecule has 0 N–H and O–H groups in total. The van der Waals surface area contributed by atoms with Crippen LogP contribution in [0.1, 0.15) is 35.5 Å². The Balaban J connectivity index is 1.70. The van der Waals surface area contributed by atoms with E-state index in [9.17, 15) is 4.79 Å². The van der Waals surface area contributed by atoms with Crippen LogP contribution in [-0.2, 0) is 6.54 Å². The molecule has 2 heterocycles. The molecule has 30 heavy (non-hydrogen) atoms. The van der Waals surface area contributed by atoms with Gasteiger partial charge in [0.25, 0.3) is 5.91 Å². The molecule has 0 aliphatic rings. The summed E-state index contributed by atoms with van der Waals surface area (Å²) in [5.41, 5.74) is 3.41. The molecule has 1 amide bonds. The normalized spacial score (nSPS) is 11.1. The van der Waals surface area contributed by atoms with Crippen molar-refractivity contribution in [3.05, 3.63) is 83.7 Å². The van der Waals surface area contributed by atoms with Gasteiger partial charge in [0.05, 0.1) is 28.6 Å². The Morgan fingerprint density at radius 1 is 1.07 bits per heavy atom. The molecule has 0 fully saturated rings. The summed E-state index contributed by atoms with van der Waals surface area (Å²) in [4.78, 5) is 24.4. The first kappa shape index (κ1) is 20.0. The molecule has 0 bridgehead atoms. The van der Waals surface area contributed by atoms with Crippen LogP contribution in [0.3, 0.4) is 0 Å². The number of thiazole rings is 1. The number of ether oxygens (including phenoxy) is 1. The van der Waals surface area contributed by atoms with Crippen LogP contribution in [0, 0.1) is 6.92 Å². The molecule has 0 spiro atoms. The van der Waals surface area contributed by atoms with Crippen LogP contribution in [0.5, 0.6) is 5.75 Å². The van der Waals surface area contributed by atoms with Gasteiger partial charge < -0.3 is 4.74 Å². The molecule has 0 radical (unpaired) electrons. The zero-order valence-electron chi connectivity index (χ0n) is 17.2. The number of rotatable bonds is 6. The molecule has 0 atom stereocenters. The Hall–Kier alpha value is -3.25. The molecule has 6 heteroatoms. The topological polar surface area (TPSA) is 55.3 Å². The van der Waals surface area contributed by atoms with Crippen LogP contribution in [0.4, 0.5) is 5.13 Å². The second-order valence-corrected chi connectivity index (χ2v) is 8.33. The monoisotopic (exact) mass is 417 g/mol. The van der Waals surface area contributed by atoms with E-state index in [1.807, 2.05) is 69.3 Å². The SMILES string of the molecule is Cc1cccc2sc(N(Cc3ccccn3)C(=O)c3ccc(OC(C)C)cc3)nc12. The van der Waals surface area contributed by atoms with E-state index in [4.69, 9.17) is 9.72 Å². The predicted octanol–water partition coefficient (Wildman–Crippen LogP) is 5.63. The molecule has 0 saturated carbocycles. The third-order valence-corrected chi connectivity index (χ3v) is 5.65. The maximum atomic E-state index is 13.5. The second kappa shape index (κ2) is 8.63. The van der Waals surface area contributed by atoms with E-state index in [0.29, 0.717) is 17.2 Å². The number of aryl methyl sites for hydroxylation is 1. The lowest BCUT2D eigenvalue weighted by Gasteiger charge is -2.20. The Morgan fingerprint density at radius 3 is 2.53 bits per heavy atom. The minimum Gasteiger partial charge on any atom is -0.491 e. The number of aromatic nitrogens is 2. The van der Waals surface area contributed by atoms with Gasteiger partial charge in [-0.05, 0) is 68.8 Å². The molecule has 0 saturated heterocycles.